The fourth-order valence-electron chi connectivity index (χ4n) is 3.93. The van der Waals surface area contributed by atoms with Crippen LogP contribution in [0.25, 0.3) is 21.3 Å². The molecule has 0 spiro atoms. The van der Waals surface area contributed by atoms with Gasteiger partial charge >= 0.3 is 0 Å². The Hall–Kier alpha value is -3.22. The van der Waals surface area contributed by atoms with Crippen molar-refractivity contribution in [1.82, 2.24) is 14.5 Å². The Balaban J connectivity index is 1.37. The highest BCUT2D eigenvalue weighted by molar-refractivity contribution is 7.18. The van der Waals surface area contributed by atoms with Gasteiger partial charge in [-0.25, -0.2) is 4.98 Å². The second-order valence-corrected chi connectivity index (χ2v) is 8.65. The van der Waals surface area contributed by atoms with Crippen molar-refractivity contribution in [2.75, 3.05) is 13.7 Å². The van der Waals surface area contributed by atoms with Crippen LogP contribution in [-0.4, -0.2) is 28.3 Å². The third-order valence-corrected chi connectivity index (χ3v) is 6.47. The number of thiophene rings is 1. The van der Waals surface area contributed by atoms with Gasteiger partial charge in [0.2, 0.25) is 0 Å². The zero-order valence-electron chi connectivity index (χ0n) is 18.0. The van der Waals surface area contributed by atoms with E-state index >= 15 is 0 Å². The van der Waals surface area contributed by atoms with Crippen molar-refractivity contribution in [3.8, 4) is 5.75 Å². The number of imidazole rings is 1. The van der Waals surface area contributed by atoms with E-state index in [1.165, 1.54) is 21.3 Å². The number of methoxy groups -OCH3 is 1. The zero-order valence-corrected chi connectivity index (χ0v) is 18.8. The SMILES string of the molecule is COc1ccc(Cn2c(CCCOCc3ccccc3)nc3cnc4ccsc4c32)cc1. The molecule has 32 heavy (non-hydrogen) atoms. The maximum Gasteiger partial charge on any atom is 0.118 e. The summed E-state index contributed by atoms with van der Waals surface area (Å²) in [6, 6.07) is 20.6. The Bertz CT molecular complexity index is 1310. The number of hydrogen-bond donors (Lipinski definition) is 0. The summed E-state index contributed by atoms with van der Waals surface area (Å²) in [6.45, 7) is 2.11. The molecule has 5 aromatic rings. The number of ether oxygens (including phenoxy) is 2. The molecule has 162 valence electrons. The number of fused-ring (bicyclic) bond motifs is 3. The molecule has 0 atom stereocenters. The summed E-state index contributed by atoms with van der Waals surface area (Å²) >= 11 is 1.72. The van der Waals surface area contributed by atoms with Crippen molar-refractivity contribution in [1.29, 1.82) is 0 Å². The molecule has 6 heteroatoms. The molecule has 5 nitrogen and oxygen atoms in total. The summed E-state index contributed by atoms with van der Waals surface area (Å²) in [5.74, 6) is 1.94. The topological polar surface area (TPSA) is 49.2 Å². The van der Waals surface area contributed by atoms with Gasteiger partial charge in [0.05, 0.1) is 35.6 Å². The van der Waals surface area contributed by atoms with E-state index in [-0.39, 0.29) is 0 Å². The molecule has 3 aromatic heterocycles. The van der Waals surface area contributed by atoms with Gasteiger partial charge < -0.3 is 14.0 Å². The predicted molar refractivity (Wildman–Crippen MR) is 129 cm³/mol. The molecule has 0 saturated heterocycles. The van der Waals surface area contributed by atoms with Crippen LogP contribution in [0.5, 0.6) is 5.75 Å². The Morgan fingerprint density at radius 3 is 2.59 bits per heavy atom. The number of aromatic nitrogens is 3. The molecular formula is C26H25N3O2S. The Kier molecular flexibility index (Phi) is 6.14. The summed E-state index contributed by atoms with van der Waals surface area (Å²) in [5.41, 5.74) is 5.56. The van der Waals surface area contributed by atoms with Crippen molar-refractivity contribution in [3.63, 3.8) is 0 Å². The molecule has 0 bridgehead atoms. The van der Waals surface area contributed by atoms with Crippen LogP contribution < -0.4 is 4.74 Å². The highest BCUT2D eigenvalue weighted by atomic mass is 32.1. The first-order valence-electron chi connectivity index (χ1n) is 10.8. The minimum Gasteiger partial charge on any atom is -0.497 e. The molecule has 0 fully saturated rings. The van der Waals surface area contributed by atoms with Crippen LogP contribution >= 0.6 is 11.3 Å². The van der Waals surface area contributed by atoms with E-state index in [0.717, 1.165) is 42.0 Å². The second-order valence-electron chi connectivity index (χ2n) is 7.73. The Labute approximate surface area is 191 Å². The summed E-state index contributed by atoms with van der Waals surface area (Å²) in [4.78, 5) is 9.55. The first kappa shape index (κ1) is 20.7. The number of benzene rings is 2. The van der Waals surface area contributed by atoms with Gasteiger partial charge in [-0.3, -0.25) is 4.98 Å². The zero-order chi connectivity index (χ0) is 21.8. The number of hydrogen-bond acceptors (Lipinski definition) is 5. The molecule has 0 amide bonds. The summed E-state index contributed by atoms with van der Waals surface area (Å²) in [7, 11) is 1.69. The fourth-order valence-corrected chi connectivity index (χ4v) is 4.83. The van der Waals surface area contributed by atoms with E-state index in [1.807, 2.05) is 36.5 Å². The van der Waals surface area contributed by atoms with Gasteiger partial charge in [0.25, 0.3) is 0 Å². The highest BCUT2D eigenvalue weighted by Crippen LogP contribution is 2.30. The molecule has 0 unspecified atom stereocenters. The lowest BCUT2D eigenvalue weighted by molar-refractivity contribution is 0.118. The third-order valence-electron chi connectivity index (χ3n) is 5.56. The van der Waals surface area contributed by atoms with Gasteiger partial charge in [-0.1, -0.05) is 42.5 Å². The average molecular weight is 444 g/mol. The molecule has 0 aliphatic carbocycles. The van der Waals surface area contributed by atoms with E-state index in [2.05, 4.69) is 45.3 Å². The van der Waals surface area contributed by atoms with Crippen LogP contribution in [0.4, 0.5) is 0 Å². The van der Waals surface area contributed by atoms with Crippen LogP contribution in [0.15, 0.2) is 72.2 Å². The normalized spacial score (nSPS) is 11.4. The molecular weight excluding hydrogens is 418 g/mol. The standard InChI is InChI=1S/C26H25N3O2S/c1-30-21-11-9-19(10-12-21)17-29-24(8-5-14-31-18-20-6-3-2-4-7-20)28-23-16-27-22-13-15-32-26(22)25(23)29/h2-4,6-7,9-13,15-16H,5,8,14,17-18H2,1H3. The summed E-state index contributed by atoms with van der Waals surface area (Å²) < 4.78 is 14.7. The summed E-state index contributed by atoms with van der Waals surface area (Å²) in [5, 5.41) is 2.10. The highest BCUT2D eigenvalue weighted by Gasteiger charge is 2.15. The maximum absolute atomic E-state index is 5.90. The first-order chi connectivity index (χ1) is 15.8. The molecule has 5 rings (SSSR count). The number of rotatable bonds is 9. The van der Waals surface area contributed by atoms with Crippen molar-refractivity contribution in [2.24, 2.45) is 0 Å². The van der Waals surface area contributed by atoms with Gasteiger partial charge in [0, 0.05) is 19.6 Å². The number of pyridine rings is 1. The van der Waals surface area contributed by atoms with E-state index in [0.29, 0.717) is 13.2 Å². The van der Waals surface area contributed by atoms with E-state index in [4.69, 9.17) is 14.5 Å². The van der Waals surface area contributed by atoms with Crippen molar-refractivity contribution >= 4 is 32.6 Å². The minimum atomic E-state index is 0.642. The van der Waals surface area contributed by atoms with Crippen LogP contribution in [0.3, 0.4) is 0 Å². The average Bonchev–Trinajstić information content (AvgIpc) is 3.44. The lowest BCUT2D eigenvalue weighted by Gasteiger charge is -2.11. The van der Waals surface area contributed by atoms with Crippen molar-refractivity contribution < 1.29 is 9.47 Å². The van der Waals surface area contributed by atoms with Crippen LogP contribution in [0, 0.1) is 0 Å². The summed E-state index contributed by atoms with van der Waals surface area (Å²) in [6.07, 6.45) is 3.66. The van der Waals surface area contributed by atoms with Gasteiger partial charge in [0.1, 0.15) is 17.1 Å². The smallest absolute Gasteiger partial charge is 0.118 e. The molecule has 0 radical (unpaired) electrons. The Morgan fingerprint density at radius 2 is 1.78 bits per heavy atom. The minimum absolute atomic E-state index is 0.642. The predicted octanol–water partition coefficient (Wildman–Crippen LogP) is 5.85. The lowest BCUT2D eigenvalue weighted by Crippen LogP contribution is -2.07. The second kappa shape index (κ2) is 9.51. The molecule has 0 saturated carbocycles. The molecule has 0 N–H and O–H groups in total. The molecule has 2 aromatic carbocycles. The first-order valence-corrected chi connectivity index (χ1v) is 11.7. The molecule has 3 heterocycles. The van der Waals surface area contributed by atoms with Crippen LogP contribution in [0.1, 0.15) is 23.4 Å². The van der Waals surface area contributed by atoms with Crippen molar-refractivity contribution in [3.05, 3.63) is 89.2 Å². The quantitative estimate of drug-likeness (QED) is 0.268. The number of nitrogens with zero attached hydrogens (tertiary/aromatic N) is 3. The van der Waals surface area contributed by atoms with Gasteiger partial charge in [-0.2, -0.15) is 0 Å². The van der Waals surface area contributed by atoms with E-state index in [9.17, 15) is 0 Å². The Morgan fingerprint density at radius 1 is 0.938 bits per heavy atom. The van der Waals surface area contributed by atoms with Gasteiger partial charge in [-0.05, 0) is 41.1 Å². The molecule has 0 aliphatic heterocycles. The van der Waals surface area contributed by atoms with Gasteiger partial charge in [0.15, 0.2) is 0 Å². The monoisotopic (exact) mass is 443 g/mol. The molecule has 0 aliphatic rings. The van der Waals surface area contributed by atoms with E-state index < -0.39 is 0 Å². The largest absolute Gasteiger partial charge is 0.497 e. The van der Waals surface area contributed by atoms with E-state index in [1.54, 1.807) is 18.4 Å². The fraction of sp³-hybridized carbons (Fsp3) is 0.231. The van der Waals surface area contributed by atoms with Crippen LogP contribution in [-0.2, 0) is 24.3 Å². The van der Waals surface area contributed by atoms with Gasteiger partial charge in [-0.15, -0.1) is 11.3 Å². The third kappa shape index (κ3) is 4.38. The number of aryl methyl sites for hydroxylation is 1. The van der Waals surface area contributed by atoms with Crippen molar-refractivity contribution in [2.45, 2.75) is 26.0 Å². The maximum atomic E-state index is 5.90. The van der Waals surface area contributed by atoms with Crippen LogP contribution in [0.2, 0.25) is 0 Å². The lowest BCUT2D eigenvalue weighted by atomic mass is 10.2.